The lowest BCUT2D eigenvalue weighted by Crippen LogP contribution is -2.21. The molecule has 0 aliphatic carbocycles. The Hall–Kier alpha value is -0.900. The lowest BCUT2D eigenvalue weighted by molar-refractivity contribution is 0.103. The fraction of sp³-hybridized carbons (Fsp3) is 0.500. The Morgan fingerprint density at radius 1 is 1.20 bits per heavy atom. The van der Waals surface area contributed by atoms with Gasteiger partial charge in [0.15, 0.2) is 0 Å². The SMILES string of the molecule is OCC1CN(Cc2ccccc2)CC1O. The van der Waals surface area contributed by atoms with Gasteiger partial charge in [0.25, 0.3) is 0 Å². The Morgan fingerprint density at radius 3 is 2.53 bits per heavy atom. The minimum absolute atomic E-state index is 0.0220. The molecule has 1 fully saturated rings. The van der Waals surface area contributed by atoms with E-state index < -0.39 is 0 Å². The fourth-order valence-electron chi connectivity index (χ4n) is 2.09. The van der Waals surface area contributed by atoms with Gasteiger partial charge in [0.1, 0.15) is 0 Å². The minimum Gasteiger partial charge on any atom is -0.396 e. The molecule has 1 aliphatic heterocycles. The molecule has 0 radical (unpaired) electrons. The number of aliphatic hydroxyl groups excluding tert-OH is 2. The molecule has 3 nitrogen and oxygen atoms in total. The Labute approximate surface area is 90.0 Å². The first-order valence-electron chi connectivity index (χ1n) is 5.35. The van der Waals surface area contributed by atoms with E-state index in [-0.39, 0.29) is 18.6 Å². The van der Waals surface area contributed by atoms with Crippen LogP contribution in [0.4, 0.5) is 0 Å². The number of hydrogen-bond acceptors (Lipinski definition) is 3. The van der Waals surface area contributed by atoms with Crippen molar-refractivity contribution in [2.45, 2.75) is 12.6 Å². The molecule has 0 saturated carbocycles. The number of nitrogens with zero attached hydrogens (tertiary/aromatic N) is 1. The van der Waals surface area contributed by atoms with Crippen molar-refractivity contribution >= 4 is 0 Å². The summed E-state index contributed by atoms with van der Waals surface area (Å²) >= 11 is 0. The summed E-state index contributed by atoms with van der Waals surface area (Å²) in [4.78, 5) is 2.18. The van der Waals surface area contributed by atoms with Crippen molar-refractivity contribution in [1.29, 1.82) is 0 Å². The van der Waals surface area contributed by atoms with E-state index >= 15 is 0 Å². The van der Waals surface area contributed by atoms with Crippen LogP contribution in [0.3, 0.4) is 0 Å². The Balaban J connectivity index is 1.92. The summed E-state index contributed by atoms with van der Waals surface area (Å²) in [5.74, 6) is 0.0220. The molecule has 0 amide bonds. The zero-order chi connectivity index (χ0) is 10.7. The molecule has 1 aromatic rings. The van der Waals surface area contributed by atoms with E-state index in [1.807, 2.05) is 18.2 Å². The van der Waals surface area contributed by atoms with Gasteiger partial charge in [0.05, 0.1) is 6.10 Å². The van der Waals surface area contributed by atoms with E-state index in [1.165, 1.54) is 5.56 Å². The van der Waals surface area contributed by atoms with Crippen LogP contribution in [0, 0.1) is 5.92 Å². The van der Waals surface area contributed by atoms with Crippen LogP contribution in [0.2, 0.25) is 0 Å². The van der Waals surface area contributed by atoms with Gasteiger partial charge < -0.3 is 10.2 Å². The molecule has 1 aliphatic rings. The van der Waals surface area contributed by atoms with Crippen LogP contribution in [0.5, 0.6) is 0 Å². The van der Waals surface area contributed by atoms with Crippen molar-refractivity contribution in [3.8, 4) is 0 Å². The number of benzene rings is 1. The summed E-state index contributed by atoms with van der Waals surface area (Å²) in [6.45, 7) is 2.38. The normalized spacial score (nSPS) is 27.1. The molecular formula is C12H17NO2. The second-order valence-electron chi connectivity index (χ2n) is 4.19. The molecule has 1 aromatic carbocycles. The van der Waals surface area contributed by atoms with Gasteiger partial charge in [0.2, 0.25) is 0 Å². The third-order valence-electron chi connectivity index (χ3n) is 2.97. The predicted octanol–water partition coefficient (Wildman–Crippen LogP) is 0.472. The second kappa shape index (κ2) is 4.75. The summed E-state index contributed by atoms with van der Waals surface area (Å²) < 4.78 is 0. The molecule has 0 bridgehead atoms. The van der Waals surface area contributed by atoms with Gasteiger partial charge in [-0.2, -0.15) is 0 Å². The van der Waals surface area contributed by atoms with Crippen LogP contribution in [-0.4, -0.2) is 40.9 Å². The number of rotatable bonds is 3. The molecular weight excluding hydrogens is 190 g/mol. The maximum Gasteiger partial charge on any atom is 0.0729 e. The third kappa shape index (κ3) is 2.56. The van der Waals surface area contributed by atoms with Crippen LogP contribution < -0.4 is 0 Å². The minimum atomic E-state index is -0.376. The van der Waals surface area contributed by atoms with E-state index in [1.54, 1.807) is 0 Å². The number of aliphatic hydroxyl groups is 2. The summed E-state index contributed by atoms with van der Waals surface area (Å²) in [6, 6.07) is 10.2. The molecule has 15 heavy (non-hydrogen) atoms. The quantitative estimate of drug-likeness (QED) is 0.757. The number of β-amino-alcohol motifs (C(OH)–C–C–N with tert-alkyl or cyclic N) is 1. The van der Waals surface area contributed by atoms with E-state index in [9.17, 15) is 5.11 Å². The molecule has 1 heterocycles. The van der Waals surface area contributed by atoms with Gasteiger partial charge in [-0.25, -0.2) is 0 Å². The molecule has 0 aromatic heterocycles. The van der Waals surface area contributed by atoms with Gasteiger partial charge >= 0.3 is 0 Å². The topological polar surface area (TPSA) is 43.7 Å². The van der Waals surface area contributed by atoms with Crippen LogP contribution >= 0.6 is 0 Å². The molecule has 2 atom stereocenters. The van der Waals surface area contributed by atoms with Gasteiger partial charge in [-0.3, -0.25) is 4.90 Å². The third-order valence-corrected chi connectivity index (χ3v) is 2.97. The van der Waals surface area contributed by atoms with Gasteiger partial charge in [-0.1, -0.05) is 30.3 Å². The van der Waals surface area contributed by atoms with Crippen LogP contribution in [0.15, 0.2) is 30.3 Å². The lowest BCUT2D eigenvalue weighted by atomic mass is 10.1. The highest BCUT2D eigenvalue weighted by Gasteiger charge is 2.30. The first kappa shape index (κ1) is 10.6. The zero-order valence-electron chi connectivity index (χ0n) is 8.71. The highest BCUT2D eigenvalue weighted by molar-refractivity contribution is 5.14. The fourth-order valence-corrected chi connectivity index (χ4v) is 2.09. The number of likely N-dealkylation sites (tertiary alicyclic amines) is 1. The van der Waals surface area contributed by atoms with Crippen LogP contribution in [-0.2, 0) is 6.54 Å². The maximum atomic E-state index is 9.64. The molecule has 3 heteroatoms. The summed E-state index contributed by atoms with van der Waals surface area (Å²) in [7, 11) is 0. The second-order valence-corrected chi connectivity index (χ2v) is 4.19. The average molecular weight is 207 g/mol. The van der Waals surface area contributed by atoms with E-state index in [0.29, 0.717) is 6.54 Å². The van der Waals surface area contributed by atoms with Crippen LogP contribution in [0.25, 0.3) is 0 Å². The van der Waals surface area contributed by atoms with Crippen molar-refractivity contribution in [3.05, 3.63) is 35.9 Å². The van der Waals surface area contributed by atoms with Gasteiger partial charge in [0, 0.05) is 32.2 Å². The predicted molar refractivity (Wildman–Crippen MR) is 58.3 cm³/mol. The Morgan fingerprint density at radius 2 is 1.93 bits per heavy atom. The molecule has 2 unspecified atom stereocenters. The largest absolute Gasteiger partial charge is 0.396 e. The molecule has 1 saturated heterocycles. The Kier molecular flexibility index (Phi) is 3.36. The van der Waals surface area contributed by atoms with E-state index in [0.717, 1.165) is 13.1 Å². The summed E-state index contributed by atoms with van der Waals surface area (Å²) in [5.41, 5.74) is 1.25. The van der Waals surface area contributed by atoms with Gasteiger partial charge in [-0.05, 0) is 5.56 Å². The lowest BCUT2D eigenvalue weighted by Gasteiger charge is -2.14. The molecule has 2 rings (SSSR count). The van der Waals surface area contributed by atoms with Crippen molar-refractivity contribution in [3.63, 3.8) is 0 Å². The van der Waals surface area contributed by atoms with Crippen LogP contribution in [0.1, 0.15) is 5.56 Å². The highest BCUT2D eigenvalue weighted by Crippen LogP contribution is 2.18. The highest BCUT2D eigenvalue weighted by atomic mass is 16.3. The molecule has 2 N–H and O–H groups in total. The van der Waals surface area contributed by atoms with E-state index in [4.69, 9.17) is 5.11 Å². The van der Waals surface area contributed by atoms with Gasteiger partial charge in [-0.15, -0.1) is 0 Å². The maximum absolute atomic E-state index is 9.64. The molecule has 82 valence electrons. The smallest absolute Gasteiger partial charge is 0.0729 e. The first-order valence-corrected chi connectivity index (χ1v) is 5.35. The van der Waals surface area contributed by atoms with E-state index in [2.05, 4.69) is 17.0 Å². The zero-order valence-corrected chi connectivity index (χ0v) is 8.71. The number of hydrogen-bond donors (Lipinski definition) is 2. The Bertz CT molecular complexity index is 302. The summed E-state index contributed by atoms with van der Waals surface area (Å²) in [6.07, 6.45) is -0.376. The average Bonchev–Trinajstić information content (AvgIpc) is 2.60. The molecule has 0 spiro atoms. The standard InChI is InChI=1S/C12H17NO2/c14-9-11-7-13(8-12(11)15)6-10-4-2-1-3-5-10/h1-5,11-12,14-15H,6-9H2. The monoisotopic (exact) mass is 207 g/mol. The summed E-state index contributed by atoms with van der Waals surface area (Å²) in [5, 5.41) is 18.7. The van der Waals surface area contributed by atoms with Crippen molar-refractivity contribution in [2.24, 2.45) is 5.92 Å². The first-order chi connectivity index (χ1) is 7.29. The van der Waals surface area contributed by atoms with Crippen molar-refractivity contribution < 1.29 is 10.2 Å². The van der Waals surface area contributed by atoms with Crippen molar-refractivity contribution in [2.75, 3.05) is 19.7 Å². The van der Waals surface area contributed by atoms with Crippen molar-refractivity contribution in [1.82, 2.24) is 4.90 Å².